The van der Waals surface area contributed by atoms with Crippen LogP contribution in [0.2, 0.25) is 0 Å². The smallest absolute Gasteiger partial charge is 0.0613 e. The molecule has 0 aromatic carbocycles. The van der Waals surface area contributed by atoms with Gasteiger partial charge in [-0.1, -0.05) is 0 Å². The SMILES string of the molecule is CSCCCCNC1(CO)CC1. The van der Waals surface area contributed by atoms with E-state index in [4.69, 9.17) is 5.11 Å². The Morgan fingerprint density at radius 3 is 2.67 bits per heavy atom. The zero-order valence-corrected chi connectivity index (χ0v) is 8.62. The Labute approximate surface area is 79.1 Å². The van der Waals surface area contributed by atoms with Crippen molar-refractivity contribution in [1.82, 2.24) is 5.32 Å². The molecule has 1 aliphatic rings. The van der Waals surface area contributed by atoms with Gasteiger partial charge in [0.1, 0.15) is 0 Å². The van der Waals surface area contributed by atoms with Crippen LogP contribution < -0.4 is 5.32 Å². The molecule has 72 valence electrons. The fourth-order valence-corrected chi connectivity index (χ4v) is 1.76. The normalized spacial score (nSPS) is 19.5. The molecule has 12 heavy (non-hydrogen) atoms. The molecule has 0 radical (unpaired) electrons. The second kappa shape index (κ2) is 5.10. The lowest BCUT2D eigenvalue weighted by Gasteiger charge is -2.13. The van der Waals surface area contributed by atoms with E-state index < -0.39 is 0 Å². The van der Waals surface area contributed by atoms with Gasteiger partial charge in [-0.3, -0.25) is 0 Å². The summed E-state index contributed by atoms with van der Waals surface area (Å²) in [6, 6.07) is 0. The Morgan fingerprint density at radius 2 is 2.17 bits per heavy atom. The topological polar surface area (TPSA) is 32.3 Å². The van der Waals surface area contributed by atoms with Gasteiger partial charge in [0.15, 0.2) is 0 Å². The molecule has 0 heterocycles. The first-order chi connectivity index (χ1) is 5.83. The lowest BCUT2D eigenvalue weighted by atomic mass is 10.2. The van der Waals surface area contributed by atoms with Gasteiger partial charge in [-0.25, -0.2) is 0 Å². The summed E-state index contributed by atoms with van der Waals surface area (Å²) in [6.45, 7) is 1.39. The average molecular weight is 189 g/mol. The minimum atomic E-state index is 0.138. The predicted octanol–water partition coefficient (Wildman–Crippen LogP) is 1.24. The molecule has 0 unspecified atom stereocenters. The molecule has 0 amide bonds. The van der Waals surface area contributed by atoms with Gasteiger partial charge in [0.2, 0.25) is 0 Å². The summed E-state index contributed by atoms with van der Waals surface area (Å²) in [5.74, 6) is 1.26. The highest BCUT2D eigenvalue weighted by Gasteiger charge is 2.40. The van der Waals surface area contributed by atoms with Crippen LogP contribution >= 0.6 is 11.8 Å². The predicted molar refractivity (Wildman–Crippen MR) is 54.7 cm³/mol. The van der Waals surface area contributed by atoms with Crippen LogP contribution in [0.4, 0.5) is 0 Å². The Morgan fingerprint density at radius 1 is 1.42 bits per heavy atom. The molecule has 1 fully saturated rings. The van der Waals surface area contributed by atoms with Gasteiger partial charge < -0.3 is 10.4 Å². The van der Waals surface area contributed by atoms with E-state index in [1.165, 1.54) is 18.6 Å². The highest BCUT2D eigenvalue weighted by molar-refractivity contribution is 7.98. The summed E-state index contributed by atoms with van der Waals surface area (Å²) in [7, 11) is 0. The maximum Gasteiger partial charge on any atom is 0.0613 e. The van der Waals surface area contributed by atoms with Crippen LogP contribution in [0, 0.1) is 0 Å². The Kier molecular flexibility index (Phi) is 4.40. The number of unbranched alkanes of at least 4 members (excludes halogenated alkanes) is 1. The van der Waals surface area contributed by atoms with Gasteiger partial charge in [0, 0.05) is 5.54 Å². The molecular weight excluding hydrogens is 170 g/mol. The highest BCUT2D eigenvalue weighted by atomic mass is 32.2. The van der Waals surface area contributed by atoms with E-state index in [1.807, 2.05) is 11.8 Å². The third-order valence-corrected chi connectivity index (χ3v) is 3.13. The number of aliphatic hydroxyl groups is 1. The molecule has 0 aromatic heterocycles. The largest absolute Gasteiger partial charge is 0.394 e. The molecule has 3 heteroatoms. The fourth-order valence-electron chi connectivity index (χ4n) is 1.27. The Balaban J connectivity index is 1.89. The summed E-state index contributed by atoms with van der Waals surface area (Å²) < 4.78 is 0. The molecule has 0 aromatic rings. The van der Waals surface area contributed by atoms with Crippen molar-refractivity contribution in [2.45, 2.75) is 31.2 Å². The van der Waals surface area contributed by atoms with Crippen LogP contribution in [-0.4, -0.2) is 35.8 Å². The monoisotopic (exact) mass is 189 g/mol. The fraction of sp³-hybridized carbons (Fsp3) is 1.00. The number of nitrogens with one attached hydrogen (secondary N) is 1. The van der Waals surface area contributed by atoms with E-state index >= 15 is 0 Å². The number of hydrogen-bond acceptors (Lipinski definition) is 3. The summed E-state index contributed by atoms with van der Waals surface area (Å²) in [6.07, 6.45) is 6.99. The number of hydrogen-bond donors (Lipinski definition) is 2. The Hall–Kier alpha value is 0.270. The van der Waals surface area contributed by atoms with Gasteiger partial charge in [-0.2, -0.15) is 11.8 Å². The maximum absolute atomic E-state index is 8.99. The van der Waals surface area contributed by atoms with Crippen molar-refractivity contribution in [3.63, 3.8) is 0 Å². The van der Waals surface area contributed by atoms with Crippen molar-refractivity contribution >= 4 is 11.8 Å². The molecule has 0 aliphatic heterocycles. The molecular formula is C9H19NOS. The molecule has 1 rings (SSSR count). The first kappa shape index (κ1) is 10.4. The van der Waals surface area contributed by atoms with Crippen molar-refractivity contribution in [2.24, 2.45) is 0 Å². The molecule has 2 nitrogen and oxygen atoms in total. The second-order valence-electron chi connectivity index (χ2n) is 3.57. The van der Waals surface area contributed by atoms with Gasteiger partial charge in [0.05, 0.1) is 6.61 Å². The first-order valence-electron chi connectivity index (χ1n) is 4.68. The van der Waals surface area contributed by atoms with E-state index in [0.717, 1.165) is 19.4 Å². The molecule has 1 saturated carbocycles. The van der Waals surface area contributed by atoms with E-state index in [1.54, 1.807) is 0 Å². The molecule has 2 N–H and O–H groups in total. The van der Waals surface area contributed by atoms with Crippen LogP contribution in [0.15, 0.2) is 0 Å². The maximum atomic E-state index is 8.99. The van der Waals surface area contributed by atoms with Crippen molar-refractivity contribution in [3.8, 4) is 0 Å². The lowest BCUT2D eigenvalue weighted by molar-refractivity contribution is 0.230. The van der Waals surface area contributed by atoms with Gasteiger partial charge in [0.25, 0.3) is 0 Å². The first-order valence-corrected chi connectivity index (χ1v) is 6.07. The minimum Gasteiger partial charge on any atom is -0.394 e. The zero-order chi connectivity index (χ0) is 8.86. The Bertz CT molecular complexity index is 126. The van der Waals surface area contributed by atoms with Crippen LogP contribution in [0.1, 0.15) is 25.7 Å². The van der Waals surface area contributed by atoms with Gasteiger partial charge in [-0.15, -0.1) is 0 Å². The lowest BCUT2D eigenvalue weighted by Crippen LogP contribution is -2.35. The second-order valence-corrected chi connectivity index (χ2v) is 4.55. The quantitative estimate of drug-likeness (QED) is 0.591. The van der Waals surface area contributed by atoms with Crippen LogP contribution in [0.5, 0.6) is 0 Å². The van der Waals surface area contributed by atoms with Crippen molar-refractivity contribution in [1.29, 1.82) is 0 Å². The standard InChI is InChI=1S/C9H19NOS/c1-12-7-3-2-6-10-9(8-11)4-5-9/h10-11H,2-8H2,1H3. The van der Waals surface area contributed by atoms with E-state index in [9.17, 15) is 0 Å². The number of aliphatic hydroxyl groups excluding tert-OH is 1. The van der Waals surface area contributed by atoms with Gasteiger partial charge >= 0.3 is 0 Å². The third-order valence-electron chi connectivity index (χ3n) is 2.43. The minimum absolute atomic E-state index is 0.138. The zero-order valence-electron chi connectivity index (χ0n) is 7.81. The molecule has 1 aliphatic carbocycles. The average Bonchev–Trinajstić information content (AvgIpc) is 2.85. The molecule has 0 atom stereocenters. The van der Waals surface area contributed by atoms with Crippen molar-refractivity contribution < 1.29 is 5.11 Å². The summed E-state index contributed by atoms with van der Waals surface area (Å²) in [5.41, 5.74) is 0.138. The summed E-state index contributed by atoms with van der Waals surface area (Å²) in [4.78, 5) is 0. The van der Waals surface area contributed by atoms with Gasteiger partial charge in [-0.05, 0) is 44.2 Å². The molecule has 0 saturated heterocycles. The van der Waals surface area contributed by atoms with Crippen LogP contribution in [-0.2, 0) is 0 Å². The van der Waals surface area contributed by atoms with E-state index in [0.29, 0.717) is 6.61 Å². The van der Waals surface area contributed by atoms with Crippen molar-refractivity contribution in [3.05, 3.63) is 0 Å². The van der Waals surface area contributed by atoms with Crippen LogP contribution in [0.3, 0.4) is 0 Å². The van der Waals surface area contributed by atoms with E-state index in [-0.39, 0.29) is 5.54 Å². The van der Waals surface area contributed by atoms with E-state index in [2.05, 4.69) is 11.6 Å². The summed E-state index contributed by atoms with van der Waals surface area (Å²) in [5, 5.41) is 12.4. The number of rotatable bonds is 7. The highest BCUT2D eigenvalue weighted by Crippen LogP contribution is 2.34. The summed E-state index contributed by atoms with van der Waals surface area (Å²) >= 11 is 1.90. The third kappa shape index (κ3) is 3.33. The number of thioether (sulfide) groups is 1. The van der Waals surface area contributed by atoms with Crippen LogP contribution in [0.25, 0.3) is 0 Å². The molecule has 0 spiro atoms. The van der Waals surface area contributed by atoms with Crippen molar-refractivity contribution in [2.75, 3.05) is 25.2 Å². The molecule has 0 bridgehead atoms.